The zero-order chi connectivity index (χ0) is 22.9. The second kappa shape index (κ2) is 17.3. The minimum atomic E-state index is -4.67. The Balaban J connectivity index is -0.000000362. The van der Waals surface area contributed by atoms with E-state index >= 15 is 0 Å². The lowest BCUT2D eigenvalue weighted by Crippen LogP contribution is -2.20. The maximum atomic E-state index is 10.8. The average molecular weight is 426 g/mol. The SMILES string of the molecule is C=C(C)C(=O)OCCN(C)C.CC(=CCCCN(C)C)C(N)=O.O=S(=O)(O)O. The van der Waals surface area contributed by atoms with Crippen molar-refractivity contribution < 1.29 is 31.8 Å². The lowest BCUT2D eigenvalue weighted by molar-refractivity contribution is -0.139. The Bertz CT molecular complexity index is 592. The van der Waals surface area contributed by atoms with E-state index in [1.54, 1.807) is 13.8 Å². The summed E-state index contributed by atoms with van der Waals surface area (Å²) in [6.45, 7) is 9.07. The van der Waals surface area contributed by atoms with Gasteiger partial charge in [-0.2, -0.15) is 8.42 Å². The van der Waals surface area contributed by atoms with Crippen LogP contribution in [0.15, 0.2) is 23.8 Å². The molecule has 0 heterocycles. The molecule has 0 bridgehead atoms. The topological polar surface area (TPSA) is 150 Å². The van der Waals surface area contributed by atoms with Gasteiger partial charge in [0.25, 0.3) is 0 Å². The van der Waals surface area contributed by atoms with Crippen LogP contribution < -0.4 is 5.73 Å². The van der Waals surface area contributed by atoms with Crippen LogP contribution in [-0.4, -0.2) is 87.1 Å². The summed E-state index contributed by atoms with van der Waals surface area (Å²) < 4.78 is 36.4. The van der Waals surface area contributed by atoms with Crippen molar-refractivity contribution in [3.05, 3.63) is 23.8 Å². The minimum absolute atomic E-state index is 0.313. The van der Waals surface area contributed by atoms with Crippen LogP contribution >= 0.6 is 0 Å². The highest BCUT2D eigenvalue weighted by atomic mass is 32.3. The highest BCUT2D eigenvalue weighted by Gasteiger charge is 2.01. The van der Waals surface area contributed by atoms with E-state index in [1.165, 1.54) is 0 Å². The quantitative estimate of drug-likeness (QED) is 0.211. The van der Waals surface area contributed by atoms with Gasteiger partial charge in [0.05, 0.1) is 0 Å². The second-order valence-electron chi connectivity index (χ2n) is 6.36. The molecule has 0 aliphatic heterocycles. The number of allylic oxidation sites excluding steroid dienone is 1. The van der Waals surface area contributed by atoms with Crippen LogP contribution in [0.3, 0.4) is 0 Å². The van der Waals surface area contributed by atoms with Gasteiger partial charge in [-0.1, -0.05) is 12.7 Å². The second-order valence-corrected chi connectivity index (χ2v) is 7.26. The Hall–Kier alpha value is -1.79. The third-order valence-corrected chi connectivity index (χ3v) is 2.77. The van der Waals surface area contributed by atoms with Crippen LogP contribution in [0.2, 0.25) is 0 Å². The number of esters is 1. The van der Waals surface area contributed by atoms with Gasteiger partial charge in [0, 0.05) is 17.7 Å². The largest absolute Gasteiger partial charge is 0.461 e. The fraction of sp³-hybridized carbons (Fsp3) is 0.647. The summed E-state index contributed by atoms with van der Waals surface area (Å²) in [6.07, 6.45) is 3.89. The number of unbranched alkanes of at least 4 members (excludes halogenated alkanes) is 1. The molecule has 0 atom stereocenters. The summed E-state index contributed by atoms with van der Waals surface area (Å²) in [5.74, 6) is -0.633. The van der Waals surface area contributed by atoms with E-state index in [0.29, 0.717) is 17.8 Å². The first-order chi connectivity index (χ1) is 12.6. The van der Waals surface area contributed by atoms with E-state index in [0.717, 1.165) is 25.9 Å². The first-order valence-corrected chi connectivity index (χ1v) is 9.76. The number of rotatable bonds is 9. The van der Waals surface area contributed by atoms with Crippen molar-refractivity contribution in [2.45, 2.75) is 26.7 Å². The molecule has 0 aliphatic rings. The molecular formula is C17H35N3O7S. The van der Waals surface area contributed by atoms with Crippen LogP contribution in [-0.2, 0) is 24.7 Å². The number of carbonyl (C=O) groups excluding carboxylic acids is 2. The van der Waals surface area contributed by atoms with E-state index < -0.39 is 10.4 Å². The lowest BCUT2D eigenvalue weighted by Gasteiger charge is -2.09. The first-order valence-electron chi connectivity index (χ1n) is 8.36. The summed E-state index contributed by atoms with van der Waals surface area (Å²) >= 11 is 0. The fourth-order valence-corrected chi connectivity index (χ4v) is 1.27. The van der Waals surface area contributed by atoms with Crippen LogP contribution in [0.1, 0.15) is 26.7 Å². The number of hydrogen-bond acceptors (Lipinski definition) is 7. The van der Waals surface area contributed by atoms with Crippen molar-refractivity contribution in [2.75, 3.05) is 47.9 Å². The fourth-order valence-electron chi connectivity index (χ4n) is 1.27. The van der Waals surface area contributed by atoms with E-state index in [4.69, 9.17) is 28.0 Å². The standard InChI is InChI=1S/C9H18N2O.C8H15NO2.H2O4S/c1-8(9(10)12)6-4-5-7-11(2)3;1-7(2)8(10)11-6-5-9(3)4;1-5(2,3)4/h6H,4-5,7H2,1-3H3,(H2,10,12);1,5-6H2,2-4H3;(H2,1,2,3,4). The normalized spacial score (nSPS) is 11.1. The molecule has 0 saturated heterocycles. The average Bonchev–Trinajstić information content (AvgIpc) is 2.49. The molecule has 166 valence electrons. The zero-order valence-electron chi connectivity index (χ0n) is 17.6. The van der Waals surface area contributed by atoms with Crippen molar-refractivity contribution in [1.82, 2.24) is 9.80 Å². The molecule has 0 fully saturated rings. The van der Waals surface area contributed by atoms with Gasteiger partial charge in [-0.05, 0) is 61.4 Å². The minimum Gasteiger partial charge on any atom is -0.461 e. The lowest BCUT2D eigenvalue weighted by atomic mass is 10.2. The predicted molar refractivity (Wildman–Crippen MR) is 109 cm³/mol. The van der Waals surface area contributed by atoms with Gasteiger partial charge in [-0.15, -0.1) is 0 Å². The van der Waals surface area contributed by atoms with Crippen molar-refractivity contribution in [3.63, 3.8) is 0 Å². The monoisotopic (exact) mass is 425 g/mol. The summed E-state index contributed by atoms with van der Waals surface area (Å²) in [5, 5.41) is 0. The van der Waals surface area contributed by atoms with Gasteiger partial charge in [0.15, 0.2) is 0 Å². The van der Waals surface area contributed by atoms with Crippen LogP contribution in [0.25, 0.3) is 0 Å². The predicted octanol–water partition coefficient (Wildman–Crippen LogP) is 0.774. The van der Waals surface area contributed by atoms with Crippen molar-refractivity contribution in [1.29, 1.82) is 0 Å². The molecule has 0 aromatic heterocycles. The number of carbonyl (C=O) groups is 2. The number of ether oxygens (including phenoxy) is 1. The maximum absolute atomic E-state index is 10.8. The smallest absolute Gasteiger partial charge is 0.394 e. The van der Waals surface area contributed by atoms with Gasteiger partial charge in [0.1, 0.15) is 6.61 Å². The van der Waals surface area contributed by atoms with Crippen molar-refractivity contribution in [3.8, 4) is 0 Å². The summed E-state index contributed by atoms with van der Waals surface area (Å²) in [6, 6.07) is 0. The molecule has 11 heteroatoms. The Morgan fingerprint density at radius 1 is 1.07 bits per heavy atom. The molecular weight excluding hydrogens is 390 g/mol. The van der Waals surface area contributed by atoms with Gasteiger partial charge in [-0.3, -0.25) is 13.9 Å². The number of primary amides is 1. The van der Waals surface area contributed by atoms with E-state index in [-0.39, 0.29) is 11.9 Å². The molecule has 10 nitrogen and oxygen atoms in total. The molecule has 0 radical (unpaired) electrons. The van der Waals surface area contributed by atoms with Gasteiger partial charge in [-0.25, -0.2) is 4.79 Å². The third-order valence-electron chi connectivity index (χ3n) is 2.77. The van der Waals surface area contributed by atoms with E-state index in [2.05, 4.69) is 11.5 Å². The Morgan fingerprint density at radius 3 is 1.82 bits per heavy atom. The molecule has 4 N–H and O–H groups in total. The molecule has 0 aliphatic carbocycles. The van der Waals surface area contributed by atoms with E-state index in [1.807, 2.05) is 39.2 Å². The van der Waals surface area contributed by atoms with Gasteiger partial charge < -0.3 is 20.3 Å². The highest BCUT2D eigenvalue weighted by Crippen LogP contribution is 1.98. The Kier molecular flexibility index (Phi) is 19.1. The van der Waals surface area contributed by atoms with Gasteiger partial charge in [0.2, 0.25) is 5.91 Å². The van der Waals surface area contributed by atoms with Crippen molar-refractivity contribution >= 4 is 22.3 Å². The molecule has 0 aromatic carbocycles. The van der Waals surface area contributed by atoms with E-state index in [9.17, 15) is 9.59 Å². The summed E-state index contributed by atoms with van der Waals surface area (Å²) in [5.41, 5.74) is 6.17. The molecule has 0 saturated carbocycles. The number of hydrogen-bond donors (Lipinski definition) is 3. The number of amides is 1. The molecule has 0 spiro atoms. The molecule has 28 heavy (non-hydrogen) atoms. The summed E-state index contributed by atoms with van der Waals surface area (Å²) in [7, 11) is 3.25. The van der Waals surface area contributed by atoms with Crippen LogP contribution in [0.5, 0.6) is 0 Å². The van der Waals surface area contributed by atoms with Gasteiger partial charge >= 0.3 is 16.4 Å². The molecule has 1 amide bonds. The van der Waals surface area contributed by atoms with Crippen LogP contribution in [0.4, 0.5) is 0 Å². The molecule has 0 aromatic rings. The first kappa shape index (κ1) is 30.9. The molecule has 0 unspecified atom stereocenters. The third kappa shape index (κ3) is 35.3. The summed E-state index contributed by atoms with van der Waals surface area (Å²) in [4.78, 5) is 25.4. The molecule has 0 rings (SSSR count). The maximum Gasteiger partial charge on any atom is 0.394 e. The highest BCUT2D eigenvalue weighted by molar-refractivity contribution is 7.79. The van der Waals surface area contributed by atoms with Crippen LogP contribution in [0, 0.1) is 0 Å². The zero-order valence-corrected chi connectivity index (χ0v) is 18.5. The Labute approximate surface area is 168 Å². The number of nitrogens with zero attached hydrogens (tertiary/aromatic N) is 2. The number of nitrogens with two attached hydrogens (primary N) is 1. The van der Waals surface area contributed by atoms with Crippen molar-refractivity contribution in [2.24, 2.45) is 5.73 Å². The Morgan fingerprint density at radius 2 is 1.50 bits per heavy atom. The number of likely N-dealkylation sites (N-methyl/N-ethyl adjacent to an activating group) is 1.